The lowest BCUT2D eigenvalue weighted by atomic mass is 10.1. The molecule has 0 aromatic heterocycles. The zero-order chi connectivity index (χ0) is 19.4. The number of rotatable bonds is 6. The fourth-order valence-electron chi connectivity index (χ4n) is 3.14. The van der Waals surface area contributed by atoms with Crippen molar-refractivity contribution in [2.24, 2.45) is 0 Å². The molecule has 1 saturated heterocycles. The Bertz CT molecular complexity index is 847. The largest absolute Gasteiger partial charge is 0.326 e. The highest BCUT2D eigenvalue weighted by Crippen LogP contribution is 2.30. The second kappa shape index (κ2) is 8.67. The summed E-state index contributed by atoms with van der Waals surface area (Å²) in [5, 5.41) is 2.45. The molecule has 1 atom stereocenters. The molecule has 4 nitrogen and oxygen atoms in total. The zero-order valence-electron chi connectivity index (χ0n) is 15.4. The summed E-state index contributed by atoms with van der Waals surface area (Å²) in [4.78, 5) is 26.7. The van der Waals surface area contributed by atoms with Crippen LogP contribution in [0.3, 0.4) is 0 Å². The number of nitrogens with one attached hydrogen (secondary N) is 1. The lowest BCUT2D eigenvalue weighted by Gasteiger charge is -2.15. The monoisotopic (exact) mass is 398 g/mol. The van der Waals surface area contributed by atoms with Crippen molar-refractivity contribution in [3.05, 3.63) is 65.2 Å². The van der Waals surface area contributed by atoms with E-state index in [1.54, 1.807) is 4.90 Å². The van der Waals surface area contributed by atoms with E-state index in [0.717, 1.165) is 28.8 Å². The molecule has 1 heterocycles. The number of thiocarbonyl (C=S) groups is 1. The van der Waals surface area contributed by atoms with Gasteiger partial charge in [-0.25, -0.2) is 0 Å². The van der Waals surface area contributed by atoms with Crippen LogP contribution in [-0.4, -0.2) is 32.8 Å². The van der Waals surface area contributed by atoms with Crippen molar-refractivity contribution < 1.29 is 9.59 Å². The van der Waals surface area contributed by atoms with Gasteiger partial charge in [-0.1, -0.05) is 60.4 Å². The Balaban J connectivity index is 1.56. The number of thioether (sulfide) groups is 1. The first kappa shape index (κ1) is 19.6. The van der Waals surface area contributed by atoms with Crippen LogP contribution in [-0.2, 0) is 16.0 Å². The van der Waals surface area contributed by atoms with Crippen molar-refractivity contribution >= 4 is 45.8 Å². The molecule has 0 radical (unpaired) electrons. The standard InChI is InChI=1S/C21H22N2O2S2/c1-14-10-15(2)12-17(11-14)22-19(24)13-18-20(25)23(21(26)27-18)9-8-16-6-4-3-5-7-16/h3-7,10-12,18H,8-9,13H2,1-2H3,(H,22,24). The van der Waals surface area contributed by atoms with Crippen LogP contribution >= 0.6 is 24.0 Å². The van der Waals surface area contributed by atoms with Crippen molar-refractivity contribution in [2.75, 3.05) is 11.9 Å². The van der Waals surface area contributed by atoms with E-state index < -0.39 is 5.25 Å². The van der Waals surface area contributed by atoms with E-state index in [4.69, 9.17) is 12.2 Å². The van der Waals surface area contributed by atoms with Crippen LogP contribution < -0.4 is 5.32 Å². The SMILES string of the molecule is Cc1cc(C)cc(NC(=O)CC2SC(=S)N(CCc3ccccc3)C2=O)c1. The maximum absolute atomic E-state index is 12.7. The van der Waals surface area contributed by atoms with Crippen molar-refractivity contribution in [3.8, 4) is 0 Å². The number of carbonyl (C=O) groups excluding carboxylic acids is 2. The molecule has 0 bridgehead atoms. The van der Waals surface area contributed by atoms with Crippen molar-refractivity contribution in [3.63, 3.8) is 0 Å². The molecular formula is C21H22N2O2S2. The molecule has 3 rings (SSSR count). The maximum atomic E-state index is 12.7. The van der Waals surface area contributed by atoms with E-state index in [-0.39, 0.29) is 18.2 Å². The molecule has 1 aliphatic rings. The summed E-state index contributed by atoms with van der Waals surface area (Å²) in [6.45, 7) is 4.52. The van der Waals surface area contributed by atoms with Crippen LogP contribution in [0.15, 0.2) is 48.5 Å². The minimum Gasteiger partial charge on any atom is -0.326 e. The molecule has 0 saturated carbocycles. The lowest BCUT2D eigenvalue weighted by molar-refractivity contribution is -0.128. The molecule has 6 heteroatoms. The molecular weight excluding hydrogens is 376 g/mol. The van der Waals surface area contributed by atoms with Gasteiger partial charge in [0.1, 0.15) is 4.32 Å². The topological polar surface area (TPSA) is 49.4 Å². The first-order chi connectivity index (χ1) is 12.9. The number of carbonyl (C=O) groups is 2. The quantitative estimate of drug-likeness (QED) is 0.744. The smallest absolute Gasteiger partial charge is 0.242 e. The Morgan fingerprint density at radius 2 is 1.81 bits per heavy atom. The van der Waals surface area contributed by atoms with Gasteiger partial charge in [0.2, 0.25) is 11.8 Å². The molecule has 27 heavy (non-hydrogen) atoms. The average Bonchev–Trinajstić information content (AvgIpc) is 2.86. The number of hydrogen-bond donors (Lipinski definition) is 1. The van der Waals surface area contributed by atoms with E-state index in [1.807, 2.05) is 56.3 Å². The number of anilines is 1. The van der Waals surface area contributed by atoms with E-state index in [9.17, 15) is 9.59 Å². The van der Waals surface area contributed by atoms with Crippen LogP contribution in [0.1, 0.15) is 23.1 Å². The highest BCUT2D eigenvalue weighted by Gasteiger charge is 2.37. The Morgan fingerprint density at radius 1 is 1.15 bits per heavy atom. The first-order valence-electron chi connectivity index (χ1n) is 8.86. The number of benzene rings is 2. The summed E-state index contributed by atoms with van der Waals surface area (Å²) in [6, 6.07) is 15.9. The molecule has 0 aliphatic carbocycles. The fraction of sp³-hybridized carbons (Fsp3) is 0.286. The third-order valence-electron chi connectivity index (χ3n) is 4.35. The van der Waals surface area contributed by atoms with Gasteiger partial charge in [-0.3, -0.25) is 14.5 Å². The Hall–Kier alpha value is -2.18. The number of hydrogen-bond acceptors (Lipinski definition) is 4. The number of nitrogens with zero attached hydrogens (tertiary/aromatic N) is 1. The summed E-state index contributed by atoms with van der Waals surface area (Å²) >= 11 is 6.67. The lowest BCUT2D eigenvalue weighted by Crippen LogP contribution is -2.34. The molecule has 2 aromatic rings. The van der Waals surface area contributed by atoms with Gasteiger partial charge in [0.05, 0.1) is 5.25 Å². The van der Waals surface area contributed by atoms with E-state index in [0.29, 0.717) is 10.9 Å². The summed E-state index contributed by atoms with van der Waals surface area (Å²) in [7, 11) is 0. The summed E-state index contributed by atoms with van der Waals surface area (Å²) < 4.78 is 0.556. The normalized spacial score (nSPS) is 16.7. The van der Waals surface area contributed by atoms with E-state index >= 15 is 0 Å². The van der Waals surface area contributed by atoms with E-state index in [1.165, 1.54) is 11.8 Å². The van der Waals surface area contributed by atoms with Crippen LogP contribution in [0.5, 0.6) is 0 Å². The predicted molar refractivity (Wildman–Crippen MR) is 115 cm³/mol. The van der Waals surface area contributed by atoms with Crippen LogP contribution in [0, 0.1) is 13.8 Å². The second-order valence-electron chi connectivity index (χ2n) is 6.73. The number of aryl methyl sites for hydroxylation is 2. The molecule has 1 fully saturated rings. The van der Waals surface area contributed by atoms with Gasteiger partial charge >= 0.3 is 0 Å². The third kappa shape index (κ3) is 5.17. The Morgan fingerprint density at radius 3 is 2.48 bits per heavy atom. The minimum absolute atomic E-state index is 0.0727. The summed E-state index contributed by atoms with van der Waals surface area (Å²) in [5.74, 6) is -0.241. The zero-order valence-corrected chi connectivity index (χ0v) is 17.0. The van der Waals surface area contributed by atoms with Gasteiger partial charge in [0, 0.05) is 18.7 Å². The van der Waals surface area contributed by atoms with Crippen LogP contribution in [0.25, 0.3) is 0 Å². The molecule has 140 valence electrons. The third-order valence-corrected chi connectivity index (χ3v) is 5.93. The first-order valence-corrected chi connectivity index (χ1v) is 10.2. The Labute approximate surface area is 169 Å². The highest BCUT2D eigenvalue weighted by molar-refractivity contribution is 8.24. The Kier molecular flexibility index (Phi) is 6.29. The van der Waals surface area contributed by atoms with Gasteiger partial charge in [-0.05, 0) is 49.1 Å². The van der Waals surface area contributed by atoms with E-state index in [2.05, 4.69) is 11.4 Å². The van der Waals surface area contributed by atoms with Crippen LogP contribution in [0.2, 0.25) is 0 Å². The van der Waals surface area contributed by atoms with Crippen LogP contribution in [0.4, 0.5) is 5.69 Å². The molecule has 2 amide bonds. The average molecular weight is 399 g/mol. The molecule has 0 spiro atoms. The van der Waals surface area contributed by atoms with Gasteiger partial charge in [0.25, 0.3) is 0 Å². The van der Waals surface area contributed by atoms with Gasteiger partial charge in [0.15, 0.2) is 0 Å². The highest BCUT2D eigenvalue weighted by atomic mass is 32.2. The predicted octanol–water partition coefficient (Wildman–Crippen LogP) is 4.10. The molecule has 1 aliphatic heterocycles. The fourth-order valence-corrected chi connectivity index (χ4v) is 4.69. The van der Waals surface area contributed by atoms with Gasteiger partial charge < -0.3 is 5.32 Å². The van der Waals surface area contributed by atoms with Crippen molar-refractivity contribution in [2.45, 2.75) is 31.9 Å². The van der Waals surface area contributed by atoms with Gasteiger partial charge in [-0.2, -0.15) is 0 Å². The number of amides is 2. The second-order valence-corrected chi connectivity index (χ2v) is 8.56. The summed E-state index contributed by atoms with van der Waals surface area (Å²) in [6.07, 6.45) is 0.868. The summed E-state index contributed by atoms with van der Waals surface area (Å²) in [5.41, 5.74) is 4.10. The maximum Gasteiger partial charge on any atom is 0.242 e. The van der Waals surface area contributed by atoms with Crippen molar-refractivity contribution in [1.29, 1.82) is 0 Å². The molecule has 1 unspecified atom stereocenters. The minimum atomic E-state index is -0.445. The molecule has 2 aromatic carbocycles. The van der Waals surface area contributed by atoms with Gasteiger partial charge in [-0.15, -0.1) is 0 Å². The van der Waals surface area contributed by atoms with Crippen molar-refractivity contribution in [1.82, 2.24) is 4.90 Å². The molecule has 1 N–H and O–H groups in total.